The van der Waals surface area contributed by atoms with E-state index >= 15 is 0 Å². The highest BCUT2D eigenvalue weighted by atomic mass is 32.2. The van der Waals surface area contributed by atoms with Crippen molar-refractivity contribution in [3.05, 3.63) is 96.0 Å². The number of pyridine rings is 1. The minimum absolute atomic E-state index is 0.102. The number of hydrogen-bond acceptors (Lipinski definition) is 7. The second-order valence-corrected chi connectivity index (χ2v) is 10.9. The summed E-state index contributed by atoms with van der Waals surface area (Å²) in [7, 11) is 0. The summed E-state index contributed by atoms with van der Waals surface area (Å²) >= 11 is 2.77. The van der Waals surface area contributed by atoms with Gasteiger partial charge in [0.25, 0.3) is 11.8 Å². The lowest BCUT2D eigenvalue weighted by Crippen LogP contribution is -2.70. The molecule has 5 rings (SSSR count). The van der Waals surface area contributed by atoms with Crippen LogP contribution >= 0.6 is 23.5 Å². The molecular formula is C28H24N4O5S2. The maximum absolute atomic E-state index is 12.9. The number of amides is 3. The number of carboxylic acids is 1. The third-order valence-electron chi connectivity index (χ3n) is 6.23. The molecule has 1 saturated heterocycles. The first-order chi connectivity index (χ1) is 18.9. The van der Waals surface area contributed by atoms with Gasteiger partial charge in [-0.2, -0.15) is 0 Å². The molecule has 3 heterocycles. The summed E-state index contributed by atoms with van der Waals surface area (Å²) in [4.78, 5) is 55.8. The maximum Gasteiger partial charge on any atom is 0.352 e. The molecule has 9 nitrogen and oxygen atoms in total. The Balaban J connectivity index is 1.17. The molecule has 0 saturated carbocycles. The second-order valence-electron chi connectivity index (χ2n) is 8.79. The molecule has 39 heavy (non-hydrogen) atoms. The largest absolute Gasteiger partial charge is 0.477 e. The van der Waals surface area contributed by atoms with E-state index in [1.165, 1.54) is 34.6 Å². The van der Waals surface area contributed by atoms with Gasteiger partial charge in [0.2, 0.25) is 5.91 Å². The highest BCUT2D eigenvalue weighted by molar-refractivity contribution is 8.00. The summed E-state index contributed by atoms with van der Waals surface area (Å²) in [6, 6.07) is 16.5. The van der Waals surface area contributed by atoms with E-state index in [0.717, 1.165) is 15.7 Å². The van der Waals surface area contributed by atoms with Gasteiger partial charge >= 0.3 is 5.97 Å². The summed E-state index contributed by atoms with van der Waals surface area (Å²) < 4.78 is 0. The first kappa shape index (κ1) is 26.5. The fourth-order valence-electron chi connectivity index (χ4n) is 4.34. The topological polar surface area (TPSA) is 129 Å². The standard InChI is InChI=1S/C28H24N4O5S2/c33-22(16-38-21-10-9-17-5-1-2-6-18(17)13-21)31-23-26(35)32-24(28(36)37)20(15-39-27(23)32)8-4-12-30-25(34)19-7-3-11-29-14-19/h1-11,13-14,23,27H,12,15-16H2,(H,30,34)(H,31,33)(H,36,37)/b8-4+/t23-,27-/m1/s1. The lowest BCUT2D eigenvalue weighted by molar-refractivity contribution is -0.150. The van der Waals surface area contributed by atoms with Crippen LogP contribution < -0.4 is 10.6 Å². The van der Waals surface area contributed by atoms with Gasteiger partial charge in [0.05, 0.1) is 11.3 Å². The molecule has 0 unspecified atom stereocenters. The summed E-state index contributed by atoms with van der Waals surface area (Å²) in [5, 5.41) is 17.0. The van der Waals surface area contributed by atoms with Crippen LogP contribution in [0, 0.1) is 0 Å². The molecule has 2 aliphatic heterocycles. The monoisotopic (exact) mass is 560 g/mol. The number of aliphatic carboxylic acids is 1. The van der Waals surface area contributed by atoms with E-state index < -0.39 is 23.3 Å². The smallest absolute Gasteiger partial charge is 0.352 e. The quantitative estimate of drug-likeness (QED) is 0.269. The Bertz CT molecular complexity index is 1510. The van der Waals surface area contributed by atoms with Crippen LogP contribution in [0.2, 0.25) is 0 Å². The van der Waals surface area contributed by atoms with Gasteiger partial charge in [-0.05, 0) is 40.6 Å². The van der Waals surface area contributed by atoms with Gasteiger partial charge in [0.15, 0.2) is 0 Å². The molecule has 3 amide bonds. The lowest BCUT2D eigenvalue weighted by Gasteiger charge is -2.49. The molecule has 11 heteroatoms. The summed E-state index contributed by atoms with van der Waals surface area (Å²) in [6.45, 7) is 0.180. The molecule has 3 N–H and O–H groups in total. The van der Waals surface area contributed by atoms with E-state index in [1.54, 1.807) is 30.5 Å². The average molecular weight is 561 g/mol. The number of carbonyl (C=O) groups is 4. The molecule has 1 aromatic heterocycles. The molecule has 2 aromatic carbocycles. The van der Waals surface area contributed by atoms with Crippen LogP contribution in [0.25, 0.3) is 10.8 Å². The van der Waals surface area contributed by atoms with Crippen LogP contribution in [-0.4, -0.2) is 68.1 Å². The fraction of sp³-hybridized carbons (Fsp3) is 0.179. The molecule has 1 fully saturated rings. The molecular weight excluding hydrogens is 536 g/mol. The molecule has 0 bridgehead atoms. The molecule has 198 valence electrons. The van der Waals surface area contributed by atoms with Crippen molar-refractivity contribution in [3.8, 4) is 0 Å². The average Bonchev–Trinajstić information content (AvgIpc) is 2.96. The number of carbonyl (C=O) groups excluding carboxylic acids is 3. The third kappa shape index (κ3) is 5.84. The molecule has 2 atom stereocenters. The zero-order chi connectivity index (χ0) is 27.4. The Hall–Kier alpha value is -4.09. The van der Waals surface area contributed by atoms with Gasteiger partial charge in [0.1, 0.15) is 17.1 Å². The van der Waals surface area contributed by atoms with Gasteiger partial charge in [-0.1, -0.05) is 42.5 Å². The predicted octanol–water partition coefficient (Wildman–Crippen LogP) is 3.05. The normalized spacial score (nSPS) is 18.6. The van der Waals surface area contributed by atoms with Gasteiger partial charge in [-0.15, -0.1) is 23.5 Å². The second kappa shape index (κ2) is 11.7. The molecule has 0 spiro atoms. The van der Waals surface area contributed by atoms with Crippen molar-refractivity contribution in [1.82, 2.24) is 20.5 Å². The summed E-state index contributed by atoms with van der Waals surface area (Å²) in [5.74, 6) is -1.77. The van der Waals surface area contributed by atoms with E-state index in [4.69, 9.17) is 0 Å². The summed E-state index contributed by atoms with van der Waals surface area (Å²) in [5.41, 5.74) is 0.779. The third-order valence-corrected chi connectivity index (χ3v) is 8.53. The van der Waals surface area contributed by atoms with Crippen LogP contribution in [0.4, 0.5) is 0 Å². The summed E-state index contributed by atoms with van der Waals surface area (Å²) in [6.07, 6.45) is 6.27. The van der Waals surface area contributed by atoms with Crippen molar-refractivity contribution in [2.45, 2.75) is 16.3 Å². The van der Waals surface area contributed by atoms with E-state index in [2.05, 4.69) is 15.6 Å². The number of aromatic nitrogens is 1. The number of carboxylic acid groups (broad SMARTS) is 1. The number of nitrogens with one attached hydrogen (secondary N) is 2. The molecule has 0 radical (unpaired) electrons. The number of fused-ring (bicyclic) bond motifs is 2. The van der Waals surface area contributed by atoms with Crippen molar-refractivity contribution >= 4 is 58.0 Å². The van der Waals surface area contributed by atoms with Crippen molar-refractivity contribution in [2.24, 2.45) is 0 Å². The number of allylic oxidation sites excluding steroid dienone is 1. The van der Waals surface area contributed by atoms with Gasteiger partial charge in [0, 0.05) is 29.6 Å². The van der Waals surface area contributed by atoms with Crippen LogP contribution in [0.1, 0.15) is 10.4 Å². The van der Waals surface area contributed by atoms with Crippen molar-refractivity contribution in [3.63, 3.8) is 0 Å². The van der Waals surface area contributed by atoms with E-state index in [-0.39, 0.29) is 29.8 Å². The minimum atomic E-state index is -1.22. The Labute approximate surface area is 232 Å². The maximum atomic E-state index is 12.9. The SMILES string of the molecule is O=C(CSc1ccc2ccccc2c1)N[C@@H]1C(=O)N2C(C(=O)O)=C(/C=C/CNC(=O)c3cccnc3)CS[C@H]12. The molecule has 0 aliphatic carbocycles. The highest BCUT2D eigenvalue weighted by Crippen LogP contribution is 2.40. The minimum Gasteiger partial charge on any atom is -0.477 e. The van der Waals surface area contributed by atoms with E-state index in [9.17, 15) is 24.3 Å². The number of thioether (sulfide) groups is 2. The van der Waals surface area contributed by atoms with Gasteiger partial charge in [-0.3, -0.25) is 24.3 Å². The Morgan fingerprint density at radius 1 is 1.13 bits per heavy atom. The Morgan fingerprint density at radius 2 is 1.95 bits per heavy atom. The number of rotatable bonds is 9. The van der Waals surface area contributed by atoms with Crippen LogP contribution in [0.15, 0.2) is 95.3 Å². The van der Waals surface area contributed by atoms with Gasteiger partial charge in [-0.25, -0.2) is 4.79 Å². The highest BCUT2D eigenvalue weighted by Gasteiger charge is 2.53. The van der Waals surface area contributed by atoms with Crippen LogP contribution in [0.5, 0.6) is 0 Å². The number of β-lactam (4-membered cyclic amide) rings is 1. The predicted molar refractivity (Wildman–Crippen MR) is 150 cm³/mol. The van der Waals surface area contributed by atoms with Crippen molar-refractivity contribution in [2.75, 3.05) is 18.1 Å². The fourth-order valence-corrected chi connectivity index (χ4v) is 6.42. The Morgan fingerprint density at radius 3 is 2.72 bits per heavy atom. The number of benzene rings is 2. The van der Waals surface area contributed by atoms with Gasteiger partial charge < -0.3 is 15.7 Å². The van der Waals surface area contributed by atoms with Crippen molar-refractivity contribution < 1.29 is 24.3 Å². The zero-order valence-electron chi connectivity index (χ0n) is 20.6. The lowest BCUT2D eigenvalue weighted by atomic mass is 10.0. The van der Waals surface area contributed by atoms with Crippen LogP contribution in [-0.2, 0) is 14.4 Å². The van der Waals surface area contributed by atoms with E-state index in [0.29, 0.717) is 16.9 Å². The first-order valence-electron chi connectivity index (χ1n) is 12.1. The molecule has 3 aromatic rings. The number of nitrogens with zero attached hydrogens (tertiary/aromatic N) is 2. The number of hydrogen-bond donors (Lipinski definition) is 3. The van der Waals surface area contributed by atoms with E-state index in [1.807, 2.05) is 42.5 Å². The first-order valence-corrected chi connectivity index (χ1v) is 14.1. The van der Waals surface area contributed by atoms with Crippen molar-refractivity contribution in [1.29, 1.82) is 0 Å². The molecule has 2 aliphatic rings. The van der Waals surface area contributed by atoms with Crippen LogP contribution in [0.3, 0.4) is 0 Å². The zero-order valence-corrected chi connectivity index (χ0v) is 22.2. The Kier molecular flexibility index (Phi) is 7.99.